The van der Waals surface area contributed by atoms with Crippen LogP contribution >= 0.6 is 0 Å². The highest BCUT2D eigenvalue weighted by Gasteiger charge is 2.02. The van der Waals surface area contributed by atoms with Gasteiger partial charge >= 0.3 is 5.97 Å². The number of carbonyl (C=O) groups excluding carboxylic acids is 1. The van der Waals surface area contributed by atoms with E-state index in [0.29, 0.717) is 19.4 Å². The summed E-state index contributed by atoms with van der Waals surface area (Å²) in [6.45, 7) is 2.23. The Hall–Kier alpha value is -1.88. The molecular weight excluding hydrogens is 246 g/mol. The molecule has 2 N–H and O–H groups in total. The molecule has 1 aromatic rings. The number of amides is 1. The number of nitrogens with one attached hydrogen (secondary N) is 1. The van der Waals surface area contributed by atoms with Gasteiger partial charge in [0.1, 0.15) is 6.61 Å². The van der Waals surface area contributed by atoms with Crippen LogP contribution in [0.3, 0.4) is 0 Å². The monoisotopic (exact) mass is 265 g/mol. The molecule has 0 aliphatic heterocycles. The van der Waals surface area contributed by atoms with E-state index < -0.39 is 5.97 Å². The van der Waals surface area contributed by atoms with Crippen LogP contribution in [0.1, 0.15) is 17.5 Å². The van der Waals surface area contributed by atoms with Gasteiger partial charge in [-0.15, -0.1) is 0 Å². The van der Waals surface area contributed by atoms with Crippen LogP contribution in [-0.2, 0) is 20.7 Å². The number of benzene rings is 1. The van der Waals surface area contributed by atoms with Gasteiger partial charge in [-0.3, -0.25) is 4.79 Å². The molecule has 1 amide bonds. The minimum atomic E-state index is -1.01. The Kier molecular flexibility index (Phi) is 6.60. The maximum absolute atomic E-state index is 11.5. The van der Waals surface area contributed by atoms with E-state index in [0.717, 1.165) is 5.56 Å². The van der Waals surface area contributed by atoms with Crippen LogP contribution in [0.15, 0.2) is 24.3 Å². The van der Waals surface area contributed by atoms with Gasteiger partial charge in [-0.1, -0.05) is 29.8 Å². The molecule has 19 heavy (non-hydrogen) atoms. The quantitative estimate of drug-likeness (QED) is 0.691. The average molecular weight is 265 g/mol. The highest BCUT2D eigenvalue weighted by atomic mass is 16.5. The molecule has 5 heteroatoms. The number of rotatable bonds is 8. The van der Waals surface area contributed by atoms with Crippen molar-refractivity contribution in [3.8, 4) is 0 Å². The summed E-state index contributed by atoms with van der Waals surface area (Å²) >= 11 is 0. The molecule has 0 unspecified atom stereocenters. The first-order valence-corrected chi connectivity index (χ1v) is 6.19. The first-order chi connectivity index (χ1) is 9.08. The second-order valence-corrected chi connectivity index (χ2v) is 4.28. The molecule has 0 fully saturated rings. The van der Waals surface area contributed by atoms with Gasteiger partial charge in [0.05, 0.1) is 6.61 Å². The second-order valence-electron chi connectivity index (χ2n) is 4.28. The Bertz CT molecular complexity index is 414. The van der Waals surface area contributed by atoms with E-state index in [1.807, 2.05) is 31.2 Å². The third-order valence-electron chi connectivity index (χ3n) is 2.56. The summed E-state index contributed by atoms with van der Waals surface area (Å²) < 4.78 is 4.81. The van der Waals surface area contributed by atoms with Crippen molar-refractivity contribution in [1.82, 2.24) is 5.32 Å². The lowest BCUT2D eigenvalue weighted by molar-refractivity contribution is -0.142. The number of ether oxygens (including phenoxy) is 1. The highest BCUT2D eigenvalue weighted by Crippen LogP contribution is 2.05. The zero-order valence-corrected chi connectivity index (χ0v) is 11.0. The summed E-state index contributed by atoms with van der Waals surface area (Å²) in [7, 11) is 0. The fraction of sp³-hybridized carbons (Fsp3) is 0.429. The number of carboxylic acid groups (broad SMARTS) is 1. The molecule has 0 spiro atoms. The van der Waals surface area contributed by atoms with Crippen molar-refractivity contribution in [3.05, 3.63) is 35.4 Å². The summed E-state index contributed by atoms with van der Waals surface area (Å²) in [6, 6.07) is 8.07. The molecule has 0 aliphatic carbocycles. The van der Waals surface area contributed by atoms with Gasteiger partial charge in [-0.05, 0) is 18.9 Å². The molecule has 5 nitrogen and oxygen atoms in total. The third-order valence-corrected chi connectivity index (χ3v) is 2.56. The molecule has 0 aromatic heterocycles. The first-order valence-electron chi connectivity index (χ1n) is 6.19. The van der Waals surface area contributed by atoms with Crippen LogP contribution in [0.2, 0.25) is 0 Å². The number of carbonyl (C=O) groups is 2. The lowest BCUT2D eigenvalue weighted by atomic mass is 10.1. The Balaban J connectivity index is 2.11. The number of hydrogen-bond acceptors (Lipinski definition) is 3. The van der Waals surface area contributed by atoms with Crippen LogP contribution in [0.25, 0.3) is 0 Å². The van der Waals surface area contributed by atoms with Crippen molar-refractivity contribution in [1.29, 1.82) is 0 Å². The Morgan fingerprint density at radius 2 is 1.95 bits per heavy atom. The maximum Gasteiger partial charge on any atom is 0.329 e. The molecule has 0 radical (unpaired) electrons. The number of hydrogen-bond donors (Lipinski definition) is 2. The van der Waals surface area contributed by atoms with Gasteiger partial charge in [0, 0.05) is 13.0 Å². The van der Waals surface area contributed by atoms with Crippen molar-refractivity contribution in [2.75, 3.05) is 19.8 Å². The molecule has 0 bridgehead atoms. The second kappa shape index (κ2) is 8.26. The van der Waals surface area contributed by atoms with E-state index >= 15 is 0 Å². The van der Waals surface area contributed by atoms with Crippen molar-refractivity contribution in [2.24, 2.45) is 0 Å². The molecule has 0 atom stereocenters. The Morgan fingerprint density at radius 3 is 2.58 bits per heavy atom. The van der Waals surface area contributed by atoms with Crippen molar-refractivity contribution in [3.63, 3.8) is 0 Å². The Labute approximate surface area is 112 Å². The van der Waals surface area contributed by atoms with Gasteiger partial charge in [0.25, 0.3) is 0 Å². The van der Waals surface area contributed by atoms with Gasteiger partial charge in [0.15, 0.2) is 0 Å². The van der Waals surface area contributed by atoms with Gasteiger partial charge < -0.3 is 15.2 Å². The SMILES string of the molecule is Cc1ccc(CCC(=O)NCCOCC(=O)O)cc1. The van der Waals surface area contributed by atoms with Gasteiger partial charge in [-0.25, -0.2) is 4.79 Å². The maximum atomic E-state index is 11.5. The van der Waals surface area contributed by atoms with Crippen LogP contribution in [0, 0.1) is 6.92 Å². The number of aliphatic carboxylic acids is 1. The van der Waals surface area contributed by atoms with E-state index in [9.17, 15) is 9.59 Å². The zero-order chi connectivity index (χ0) is 14.1. The van der Waals surface area contributed by atoms with Crippen LogP contribution < -0.4 is 5.32 Å². The van der Waals surface area contributed by atoms with E-state index in [4.69, 9.17) is 9.84 Å². The molecular formula is C14H19NO4. The van der Waals surface area contributed by atoms with Crippen LogP contribution in [0.5, 0.6) is 0 Å². The highest BCUT2D eigenvalue weighted by molar-refractivity contribution is 5.76. The fourth-order valence-corrected chi connectivity index (χ4v) is 1.52. The summed E-state index contributed by atoms with van der Waals surface area (Å²) in [5.41, 5.74) is 2.33. The summed E-state index contributed by atoms with van der Waals surface area (Å²) in [5, 5.41) is 11.0. The standard InChI is InChI=1S/C14H19NO4/c1-11-2-4-12(5-3-11)6-7-13(16)15-8-9-19-10-14(17)18/h2-5H,6-10H2,1H3,(H,15,16)(H,17,18). The summed E-state index contributed by atoms with van der Waals surface area (Å²) in [4.78, 5) is 21.7. The summed E-state index contributed by atoms with van der Waals surface area (Å²) in [5.74, 6) is -1.06. The fourth-order valence-electron chi connectivity index (χ4n) is 1.52. The minimum Gasteiger partial charge on any atom is -0.480 e. The molecule has 0 aliphatic rings. The summed E-state index contributed by atoms with van der Waals surface area (Å²) in [6.07, 6.45) is 1.12. The normalized spacial score (nSPS) is 10.2. The van der Waals surface area contributed by atoms with Crippen molar-refractivity contribution >= 4 is 11.9 Å². The van der Waals surface area contributed by atoms with Crippen molar-refractivity contribution < 1.29 is 19.4 Å². The van der Waals surface area contributed by atoms with Gasteiger partial charge in [-0.2, -0.15) is 0 Å². The van der Waals surface area contributed by atoms with E-state index in [1.54, 1.807) is 0 Å². The van der Waals surface area contributed by atoms with E-state index in [2.05, 4.69) is 5.32 Å². The lowest BCUT2D eigenvalue weighted by Crippen LogP contribution is -2.28. The topological polar surface area (TPSA) is 75.6 Å². The predicted octanol–water partition coefficient (Wildman–Crippen LogP) is 1.15. The van der Waals surface area contributed by atoms with E-state index in [1.165, 1.54) is 5.56 Å². The number of aryl methyl sites for hydroxylation is 2. The van der Waals surface area contributed by atoms with Crippen LogP contribution in [-0.4, -0.2) is 36.7 Å². The zero-order valence-electron chi connectivity index (χ0n) is 11.0. The molecule has 1 rings (SSSR count). The number of carboxylic acids is 1. The van der Waals surface area contributed by atoms with Gasteiger partial charge in [0.2, 0.25) is 5.91 Å². The first kappa shape index (κ1) is 15.2. The molecule has 1 aromatic carbocycles. The van der Waals surface area contributed by atoms with E-state index in [-0.39, 0.29) is 19.1 Å². The smallest absolute Gasteiger partial charge is 0.329 e. The lowest BCUT2D eigenvalue weighted by Gasteiger charge is -2.05. The minimum absolute atomic E-state index is 0.0560. The largest absolute Gasteiger partial charge is 0.480 e. The molecule has 104 valence electrons. The Morgan fingerprint density at radius 1 is 1.26 bits per heavy atom. The van der Waals surface area contributed by atoms with Crippen LogP contribution in [0.4, 0.5) is 0 Å². The molecule has 0 saturated carbocycles. The average Bonchev–Trinajstić information content (AvgIpc) is 2.37. The molecule has 0 heterocycles. The predicted molar refractivity (Wildman–Crippen MR) is 71.0 cm³/mol. The van der Waals surface area contributed by atoms with Crippen molar-refractivity contribution in [2.45, 2.75) is 19.8 Å². The molecule has 0 saturated heterocycles. The third kappa shape index (κ3) is 7.21.